The summed E-state index contributed by atoms with van der Waals surface area (Å²) in [6.45, 7) is 6.84. The minimum Gasteiger partial charge on any atom is -0.325 e. The first kappa shape index (κ1) is 16.7. The predicted molar refractivity (Wildman–Crippen MR) is 95.5 cm³/mol. The van der Waals surface area contributed by atoms with Gasteiger partial charge < -0.3 is 10.6 Å². The number of benzene rings is 1. The third kappa shape index (κ3) is 5.92. The molecule has 0 saturated carbocycles. The zero-order valence-electron chi connectivity index (χ0n) is 12.6. The van der Waals surface area contributed by atoms with Crippen LogP contribution >= 0.6 is 22.6 Å². The van der Waals surface area contributed by atoms with Crippen molar-refractivity contribution in [3.63, 3.8) is 0 Å². The Bertz CT molecular complexity index is 459. The summed E-state index contributed by atoms with van der Waals surface area (Å²) < 4.78 is 1.13. The van der Waals surface area contributed by atoms with Crippen molar-refractivity contribution in [1.82, 2.24) is 10.2 Å². The van der Waals surface area contributed by atoms with Crippen LogP contribution in [0.15, 0.2) is 24.3 Å². The van der Waals surface area contributed by atoms with Crippen molar-refractivity contribution in [2.75, 3.05) is 38.0 Å². The monoisotopic (exact) mass is 401 g/mol. The van der Waals surface area contributed by atoms with E-state index in [1.165, 1.54) is 12.8 Å². The number of hydrogen-bond donors (Lipinski definition) is 2. The van der Waals surface area contributed by atoms with Gasteiger partial charge in [0.25, 0.3) is 0 Å². The Hall–Kier alpha value is -0.660. The fourth-order valence-electron chi connectivity index (χ4n) is 2.67. The summed E-state index contributed by atoms with van der Waals surface area (Å²) in [6, 6.07) is 7.90. The molecule has 1 amide bonds. The molecule has 1 saturated heterocycles. The smallest absolute Gasteiger partial charge is 0.238 e. The molecule has 1 aliphatic heterocycles. The minimum absolute atomic E-state index is 0.0853. The van der Waals surface area contributed by atoms with Crippen LogP contribution in [0.25, 0.3) is 0 Å². The fourth-order valence-corrected chi connectivity index (χ4v) is 3.21. The maximum atomic E-state index is 12.1. The number of carbonyl (C=O) groups excluding carboxylic acids is 1. The molecule has 0 atom stereocenters. The Kier molecular flexibility index (Phi) is 6.92. The van der Waals surface area contributed by atoms with Gasteiger partial charge in [-0.25, -0.2) is 0 Å². The van der Waals surface area contributed by atoms with Crippen molar-refractivity contribution in [2.24, 2.45) is 5.92 Å². The van der Waals surface area contributed by atoms with Gasteiger partial charge in [-0.05, 0) is 85.7 Å². The highest BCUT2D eigenvalue weighted by Crippen LogP contribution is 2.17. The van der Waals surface area contributed by atoms with Gasteiger partial charge in [0.15, 0.2) is 0 Å². The van der Waals surface area contributed by atoms with Crippen molar-refractivity contribution in [2.45, 2.75) is 19.8 Å². The Morgan fingerprint density at radius 3 is 2.81 bits per heavy atom. The zero-order valence-corrected chi connectivity index (χ0v) is 14.7. The Morgan fingerprint density at radius 2 is 2.14 bits per heavy atom. The molecule has 4 nitrogen and oxygen atoms in total. The minimum atomic E-state index is 0.0853. The molecule has 0 aliphatic carbocycles. The second-order valence-electron chi connectivity index (χ2n) is 5.59. The first-order valence-electron chi connectivity index (χ1n) is 7.66. The van der Waals surface area contributed by atoms with E-state index in [4.69, 9.17) is 0 Å². The molecule has 0 bridgehead atoms. The van der Waals surface area contributed by atoms with Gasteiger partial charge in [0.05, 0.1) is 6.54 Å². The third-order valence-corrected chi connectivity index (χ3v) is 4.54. The number of piperidine rings is 1. The van der Waals surface area contributed by atoms with Gasteiger partial charge in [-0.15, -0.1) is 0 Å². The highest BCUT2D eigenvalue weighted by atomic mass is 127. The summed E-state index contributed by atoms with van der Waals surface area (Å²) in [6.07, 6.45) is 2.37. The van der Waals surface area contributed by atoms with Crippen molar-refractivity contribution in [3.8, 4) is 0 Å². The predicted octanol–water partition coefficient (Wildman–Crippen LogP) is 2.55. The number of hydrogen-bond acceptors (Lipinski definition) is 3. The van der Waals surface area contributed by atoms with Crippen LogP contribution in [0.3, 0.4) is 0 Å². The number of amides is 1. The van der Waals surface area contributed by atoms with Gasteiger partial charge in [-0.3, -0.25) is 9.69 Å². The van der Waals surface area contributed by atoms with Crippen LogP contribution in [0, 0.1) is 9.49 Å². The molecule has 1 aliphatic rings. The molecule has 2 N–H and O–H groups in total. The summed E-state index contributed by atoms with van der Waals surface area (Å²) in [5.41, 5.74) is 0.883. The molecule has 0 aromatic heterocycles. The number of rotatable bonds is 6. The van der Waals surface area contributed by atoms with Gasteiger partial charge in [0.1, 0.15) is 0 Å². The van der Waals surface area contributed by atoms with E-state index in [1.54, 1.807) is 0 Å². The molecule has 1 aromatic rings. The molecule has 2 rings (SSSR count). The van der Waals surface area contributed by atoms with E-state index in [-0.39, 0.29) is 5.91 Å². The number of likely N-dealkylation sites (tertiary alicyclic amines) is 1. The van der Waals surface area contributed by atoms with Crippen LogP contribution < -0.4 is 10.6 Å². The van der Waals surface area contributed by atoms with Gasteiger partial charge >= 0.3 is 0 Å². The number of nitrogens with zero attached hydrogens (tertiary/aromatic N) is 1. The summed E-state index contributed by atoms with van der Waals surface area (Å²) >= 11 is 2.25. The zero-order chi connectivity index (χ0) is 15.1. The molecule has 21 heavy (non-hydrogen) atoms. The number of anilines is 1. The third-order valence-electron chi connectivity index (χ3n) is 3.87. The largest absolute Gasteiger partial charge is 0.325 e. The fraction of sp³-hybridized carbons (Fsp3) is 0.562. The lowest BCUT2D eigenvalue weighted by molar-refractivity contribution is -0.117. The normalized spacial score (nSPS) is 16.9. The molecule has 5 heteroatoms. The van der Waals surface area contributed by atoms with Crippen molar-refractivity contribution in [3.05, 3.63) is 27.8 Å². The average Bonchev–Trinajstić information content (AvgIpc) is 2.46. The summed E-state index contributed by atoms with van der Waals surface area (Å²) in [5, 5.41) is 6.39. The van der Waals surface area contributed by atoms with Gasteiger partial charge in [-0.2, -0.15) is 0 Å². The molecule has 0 spiro atoms. The van der Waals surface area contributed by atoms with Crippen LogP contribution in [-0.4, -0.2) is 43.5 Å². The summed E-state index contributed by atoms with van der Waals surface area (Å²) in [7, 11) is 0. The van der Waals surface area contributed by atoms with Gasteiger partial charge in [-0.1, -0.05) is 13.0 Å². The summed E-state index contributed by atoms with van der Waals surface area (Å²) in [4.78, 5) is 14.3. The topological polar surface area (TPSA) is 44.4 Å². The molecule has 1 fully saturated rings. The molecular formula is C16H24IN3O. The highest BCUT2D eigenvalue weighted by molar-refractivity contribution is 14.1. The maximum absolute atomic E-state index is 12.1. The van der Waals surface area contributed by atoms with Gasteiger partial charge in [0.2, 0.25) is 5.91 Å². The van der Waals surface area contributed by atoms with Crippen LogP contribution in [0.5, 0.6) is 0 Å². The Balaban J connectivity index is 1.72. The van der Waals surface area contributed by atoms with E-state index in [0.717, 1.165) is 41.4 Å². The van der Waals surface area contributed by atoms with Crippen molar-refractivity contribution < 1.29 is 4.79 Å². The van der Waals surface area contributed by atoms with E-state index in [0.29, 0.717) is 6.54 Å². The second-order valence-corrected chi connectivity index (χ2v) is 6.83. The molecule has 0 radical (unpaired) electrons. The number of halogens is 1. The first-order chi connectivity index (χ1) is 10.2. The molecular weight excluding hydrogens is 377 g/mol. The van der Waals surface area contributed by atoms with Crippen molar-refractivity contribution >= 4 is 34.2 Å². The number of nitrogens with one attached hydrogen (secondary N) is 2. The number of carbonyl (C=O) groups is 1. The molecule has 116 valence electrons. The average molecular weight is 401 g/mol. The van der Waals surface area contributed by atoms with E-state index in [9.17, 15) is 4.79 Å². The lowest BCUT2D eigenvalue weighted by Crippen LogP contribution is -2.41. The maximum Gasteiger partial charge on any atom is 0.238 e. The quantitative estimate of drug-likeness (QED) is 0.721. The summed E-state index contributed by atoms with van der Waals surface area (Å²) in [5.74, 6) is 0.849. The molecule has 1 heterocycles. The van der Waals surface area contributed by atoms with Crippen LogP contribution in [-0.2, 0) is 4.79 Å². The Morgan fingerprint density at radius 1 is 1.38 bits per heavy atom. The van der Waals surface area contributed by atoms with E-state index in [2.05, 4.69) is 45.0 Å². The van der Waals surface area contributed by atoms with Crippen molar-refractivity contribution in [1.29, 1.82) is 0 Å². The molecule has 1 aromatic carbocycles. The second kappa shape index (κ2) is 8.70. The highest BCUT2D eigenvalue weighted by Gasteiger charge is 2.20. The Labute approximate surface area is 140 Å². The SMILES string of the molecule is CCNCC1CCN(CC(=O)Nc2cccc(I)c2)CC1. The van der Waals surface area contributed by atoms with E-state index in [1.807, 2.05) is 24.3 Å². The van der Waals surface area contributed by atoms with Crippen LogP contribution in [0.1, 0.15) is 19.8 Å². The van der Waals surface area contributed by atoms with Crippen LogP contribution in [0.2, 0.25) is 0 Å². The van der Waals surface area contributed by atoms with Gasteiger partial charge in [0, 0.05) is 9.26 Å². The molecule has 0 unspecified atom stereocenters. The van der Waals surface area contributed by atoms with E-state index >= 15 is 0 Å². The standard InChI is InChI=1S/C16H24IN3O/c1-2-18-11-13-6-8-20(9-7-13)12-16(21)19-15-5-3-4-14(17)10-15/h3-5,10,13,18H,2,6-9,11-12H2,1H3,(H,19,21). The van der Waals surface area contributed by atoms with E-state index < -0.39 is 0 Å². The van der Waals surface area contributed by atoms with Crippen LogP contribution in [0.4, 0.5) is 5.69 Å². The first-order valence-corrected chi connectivity index (χ1v) is 8.73. The lowest BCUT2D eigenvalue weighted by Gasteiger charge is -2.31. The lowest BCUT2D eigenvalue weighted by atomic mass is 9.97.